The van der Waals surface area contributed by atoms with Crippen LogP contribution in [0.5, 0.6) is 5.75 Å². The lowest BCUT2D eigenvalue weighted by Gasteiger charge is -2.10. The zero-order chi connectivity index (χ0) is 12.3. The lowest BCUT2D eigenvalue weighted by Crippen LogP contribution is -2.06. The predicted molar refractivity (Wildman–Crippen MR) is 59.0 cm³/mol. The summed E-state index contributed by atoms with van der Waals surface area (Å²) in [7, 11) is 1.39. The van der Waals surface area contributed by atoms with Crippen molar-refractivity contribution in [1.82, 2.24) is 0 Å². The highest BCUT2D eigenvalue weighted by molar-refractivity contribution is 9.10. The summed E-state index contributed by atoms with van der Waals surface area (Å²) in [5, 5.41) is 17.5. The second-order valence-electron chi connectivity index (χ2n) is 3.03. The Hall–Kier alpha value is -1.56. The number of hydrogen-bond donors (Lipinski definition) is 2. The minimum absolute atomic E-state index is 0.0175. The number of carboxylic acid groups (broad SMARTS) is 2. The molecule has 0 aliphatic carbocycles. The molecular weight excluding hydrogens is 280 g/mol. The van der Waals surface area contributed by atoms with Crippen molar-refractivity contribution in [1.29, 1.82) is 0 Å². The van der Waals surface area contributed by atoms with Crippen molar-refractivity contribution < 1.29 is 24.5 Å². The maximum atomic E-state index is 10.8. The number of benzene rings is 1. The van der Waals surface area contributed by atoms with E-state index in [4.69, 9.17) is 14.9 Å². The van der Waals surface area contributed by atoms with Crippen LogP contribution in [0, 0.1) is 0 Å². The van der Waals surface area contributed by atoms with E-state index in [1.165, 1.54) is 19.2 Å². The lowest BCUT2D eigenvalue weighted by molar-refractivity contribution is -0.136. The Morgan fingerprint density at radius 3 is 2.44 bits per heavy atom. The van der Waals surface area contributed by atoms with E-state index >= 15 is 0 Å². The maximum Gasteiger partial charge on any atom is 0.335 e. The van der Waals surface area contributed by atoms with E-state index in [2.05, 4.69) is 15.9 Å². The fourth-order valence-electron chi connectivity index (χ4n) is 1.30. The normalized spacial score (nSPS) is 9.88. The number of carbonyl (C=O) groups is 2. The van der Waals surface area contributed by atoms with Crippen LogP contribution in [0.25, 0.3) is 0 Å². The van der Waals surface area contributed by atoms with E-state index < -0.39 is 11.9 Å². The second kappa shape index (κ2) is 4.98. The van der Waals surface area contributed by atoms with Crippen LogP contribution >= 0.6 is 15.9 Å². The summed E-state index contributed by atoms with van der Waals surface area (Å²) >= 11 is 3.14. The maximum absolute atomic E-state index is 10.8. The molecule has 5 nitrogen and oxygen atoms in total. The Bertz CT molecular complexity index is 441. The van der Waals surface area contributed by atoms with Gasteiger partial charge in [-0.15, -0.1) is 0 Å². The Morgan fingerprint density at radius 2 is 2.00 bits per heavy atom. The summed E-state index contributed by atoms with van der Waals surface area (Å²) in [6, 6.07) is 2.66. The molecule has 16 heavy (non-hydrogen) atoms. The Kier molecular flexibility index (Phi) is 3.89. The molecule has 0 aliphatic heterocycles. The minimum atomic E-state index is -1.12. The first-order chi connectivity index (χ1) is 7.45. The number of halogens is 1. The average molecular weight is 289 g/mol. The van der Waals surface area contributed by atoms with Gasteiger partial charge < -0.3 is 14.9 Å². The molecule has 1 rings (SSSR count). The first-order valence-corrected chi connectivity index (χ1v) is 5.06. The summed E-state index contributed by atoms with van der Waals surface area (Å²) in [6.07, 6.45) is -0.289. The molecule has 0 aromatic heterocycles. The predicted octanol–water partition coefficient (Wildman–Crippen LogP) is 1.78. The minimum Gasteiger partial charge on any atom is -0.495 e. The Balaban J connectivity index is 3.30. The first-order valence-electron chi connectivity index (χ1n) is 4.27. The molecule has 0 fully saturated rings. The summed E-state index contributed by atoms with van der Waals surface area (Å²) in [5.74, 6) is -1.82. The molecule has 0 unspecified atom stereocenters. The highest BCUT2D eigenvalue weighted by atomic mass is 79.9. The van der Waals surface area contributed by atoms with Gasteiger partial charge >= 0.3 is 11.9 Å². The monoisotopic (exact) mass is 288 g/mol. The van der Waals surface area contributed by atoms with Crippen molar-refractivity contribution in [3.05, 3.63) is 27.7 Å². The van der Waals surface area contributed by atoms with E-state index in [0.717, 1.165) is 0 Å². The van der Waals surface area contributed by atoms with E-state index in [1.807, 2.05) is 0 Å². The van der Waals surface area contributed by atoms with Gasteiger partial charge in [-0.05, 0) is 28.1 Å². The van der Waals surface area contributed by atoms with Gasteiger partial charge in [0.05, 0.1) is 23.6 Å². The van der Waals surface area contributed by atoms with Crippen molar-refractivity contribution >= 4 is 27.9 Å². The molecule has 0 heterocycles. The third-order valence-electron chi connectivity index (χ3n) is 1.91. The molecule has 0 atom stereocenters. The molecule has 86 valence electrons. The van der Waals surface area contributed by atoms with Crippen LogP contribution in [0.3, 0.4) is 0 Å². The molecule has 0 spiro atoms. The standard InChI is InChI=1S/C10H9BrO5/c1-16-9-5(4-8(12)13)2-6(10(14)15)3-7(9)11/h2-3H,4H2,1H3,(H,12,13)(H,14,15). The summed E-state index contributed by atoms with van der Waals surface area (Å²) < 4.78 is 5.43. The molecule has 0 radical (unpaired) electrons. The summed E-state index contributed by atoms with van der Waals surface area (Å²) in [4.78, 5) is 21.4. The number of rotatable bonds is 4. The SMILES string of the molecule is COc1c(Br)cc(C(=O)O)cc1CC(=O)O. The number of methoxy groups -OCH3 is 1. The zero-order valence-electron chi connectivity index (χ0n) is 8.36. The van der Waals surface area contributed by atoms with Crippen LogP contribution in [-0.4, -0.2) is 29.3 Å². The third kappa shape index (κ3) is 2.73. The number of aromatic carboxylic acids is 1. The second-order valence-corrected chi connectivity index (χ2v) is 3.88. The quantitative estimate of drug-likeness (QED) is 0.882. The van der Waals surface area contributed by atoms with Gasteiger partial charge in [-0.2, -0.15) is 0 Å². The van der Waals surface area contributed by atoms with E-state index in [1.54, 1.807) is 0 Å². The highest BCUT2D eigenvalue weighted by Gasteiger charge is 2.15. The molecule has 0 bridgehead atoms. The number of carboxylic acids is 2. The fourth-order valence-corrected chi connectivity index (χ4v) is 1.96. The Morgan fingerprint density at radius 1 is 1.38 bits per heavy atom. The van der Waals surface area contributed by atoms with Crippen molar-refractivity contribution in [3.63, 3.8) is 0 Å². The van der Waals surface area contributed by atoms with E-state index in [0.29, 0.717) is 15.8 Å². The molecule has 1 aromatic rings. The van der Waals surface area contributed by atoms with E-state index in [9.17, 15) is 9.59 Å². The van der Waals surface area contributed by atoms with Gasteiger partial charge in [-0.1, -0.05) is 0 Å². The number of aliphatic carboxylic acids is 1. The topological polar surface area (TPSA) is 83.8 Å². The number of hydrogen-bond acceptors (Lipinski definition) is 3. The average Bonchev–Trinajstić information content (AvgIpc) is 2.16. The van der Waals surface area contributed by atoms with Crippen LogP contribution in [0.2, 0.25) is 0 Å². The van der Waals surface area contributed by atoms with Gasteiger partial charge in [0.1, 0.15) is 5.75 Å². The van der Waals surface area contributed by atoms with Crippen molar-refractivity contribution in [2.45, 2.75) is 6.42 Å². The summed E-state index contributed by atoms with van der Waals surface area (Å²) in [6.45, 7) is 0. The molecule has 1 aromatic carbocycles. The lowest BCUT2D eigenvalue weighted by atomic mass is 10.1. The smallest absolute Gasteiger partial charge is 0.335 e. The largest absolute Gasteiger partial charge is 0.495 e. The molecule has 0 aliphatic rings. The van der Waals surface area contributed by atoms with Gasteiger partial charge in [0.2, 0.25) is 0 Å². The van der Waals surface area contributed by atoms with Gasteiger partial charge in [0.25, 0.3) is 0 Å². The number of ether oxygens (including phenoxy) is 1. The third-order valence-corrected chi connectivity index (χ3v) is 2.50. The molecule has 0 amide bonds. The van der Waals surface area contributed by atoms with Crippen molar-refractivity contribution in [2.24, 2.45) is 0 Å². The van der Waals surface area contributed by atoms with Crippen molar-refractivity contribution in [3.8, 4) is 5.75 Å². The van der Waals surface area contributed by atoms with Gasteiger partial charge in [-0.25, -0.2) is 4.79 Å². The molecule has 0 saturated carbocycles. The van der Waals surface area contributed by atoms with Crippen LogP contribution in [0.1, 0.15) is 15.9 Å². The van der Waals surface area contributed by atoms with Crippen molar-refractivity contribution in [2.75, 3.05) is 7.11 Å². The Labute approximate surface area is 99.8 Å². The first kappa shape index (κ1) is 12.5. The van der Waals surface area contributed by atoms with Crippen LogP contribution < -0.4 is 4.74 Å². The van der Waals surface area contributed by atoms with Gasteiger partial charge in [0, 0.05) is 5.56 Å². The fraction of sp³-hybridized carbons (Fsp3) is 0.200. The highest BCUT2D eigenvalue weighted by Crippen LogP contribution is 2.31. The van der Waals surface area contributed by atoms with Crippen LogP contribution in [-0.2, 0) is 11.2 Å². The van der Waals surface area contributed by atoms with E-state index in [-0.39, 0.29) is 12.0 Å². The van der Waals surface area contributed by atoms with Crippen LogP contribution in [0.15, 0.2) is 16.6 Å². The summed E-state index contributed by atoms with van der Waals surface area (Å²) in [5.41, 5.74) is 0.339. The molecule has 6 heteroatoms. The molecule has 2 N–H and O–H groups in total. The zero-order valence-corrected chi connectivity index (χ0v) is 9.94. The molecule has 0 saturated heterocycles. The van der Waals surface area contributed by atoms with Gasteiger partial charge in [-0.3, -0.25) is 4.79 Å². The van der Waals surface area contributed by atoms with Crippen LogP contribution in [0.4, 0.5) is 0 Å². The van der Waals surface area contributed by atoms with Gasteiger partial charge in [0.15, 0.2) is 0 Å². The molecular formula is C10H9BrO5.